The molecule has 3 aromatic carbocycles. The number of carbonyl (C=O) groups is 2. The summed E-state index contributed by atoms with van der Waals surface area (Å²) in [6.07, 6.45) is -0.0108. The Morgan fingerprint density at radius 1 is 0.812 bits per heavy atom. The molecule has 0 amide bonds. The average Bonchev–Trinajstić information content (AvgIpc) is 2.78. The molecule has 3 aromatic rings. The van der Waals surface area contributed by atoms with Gasteiger partial charge in [0.15, 0.2) is 11.5 Å². The predicted molar refractivity (Wildman–Crippen MR) is 119 cm³/mol. The van der Waals surface area contributed by atoms with Gasteiger partial charge < -0.3 is 4.74 Å². The molecule has 1 heterocycles. The van der Waals surface area contributed by atoms with Crippen LogP contribution in [0, 0.1) is 0 Å². The number of ether oxygens (including phenoxy) is 1. The van der Waals surface area contributed by atoms with Gasteiger partial charge in [-0.25, -0.2) is 8.42 Å². The molecular formula is C25H21NO5S. The van der Waals surface area contributed by atoms with Gasteiger partial charge in [0.05, 0.1) is 17.9 Å². The maximum atomic E-state index is 13.4. The summed E-state index contributed by atoms with van der Waals surface area (Å²) in [7, 11) is -4.04. The van der Waals surface area contributed by atoms with Crippen molar-refractivity contribution in [3.8, 4) is 0 Å². The lowest BCUT2D eigenvalue weighted by atomic mass is 10.1. The van der Waals surface area contributed by atoms with Crippen LogP contribution in [0.1, 0.15) is 23.6 Å². The molecule has 7 heteroatoms. The maximum absolute atomic E-state index is 13.4. The van der Waals surface area contributed by atoms with E-state index in [1.54, 1.807) is 54.6 Å². The highest BCUT2D eigenvalue weighted by molar-refractivity contribution is 7.89. The molecule has 6 nitrogen and oxygen atoms in total. The first-order chi connectivity index (χ1) is 15.4. The summed E-state index contributed by atoms with van der Waals surface area (Å²) in [6, 6.07) is 24.2. The summed E-state index contributed by atoms with van der Waals surface area (Å²) >= 11 is 0. The molecule has 162 valence electrons. The monoisotopic (exact) mass is 447 g/mol. The Kier molecular flexibility index (Phi) is 5.92. The minimum absolute atomic E-state index is 0.0107. The molecule has 0 radical (unpaired) electrons. The van der Waals surface area contributed by atoms with Crippen LogP contribution in [0.5, 0.6) is 0 Å². The molecule has 0 aromatic heterocycles. The number of rotatable bonds is 6. The molecule has 0 bridgehead atoms. The van der Waals surface area contributed by atoms with Crippen LogP contribution in [0.15, 0.2) is 95.5 Å². The average molecular weight is 448 g/mol. The van der Waals surface area contributed by atoms with Gasteiger partial charge in [-0.3, -0.25) is 13.9 Å². The van der Waals surface area contributed by atoms with Crippen molar-refractivity contribution in [1.29, 1.82) is 0 Å². The molecule has 32 heavy (non-hydrogen) atoms. The van der Waals surface area contributed by atoms with Crippen molar-refractivity contribution < 1.29 is 22.7 Å². The first-order valence-electron chi connectivity index (χ1n) is 10.0. The summed E-state index contributed by atoms with van der Waals surface area (Å²) in [4.78, 5) is 25.4. The van der Waals surface area contributed by atoms with Gasteiger partial charge in [-0.2, -0.15) is 0 Å². The zero-order valence-electron chi connectivity index (χ0n) is 17.4. The molecule has 0 aliphatic carbocycles. The normalized spacial score (nSPS) is 14.6. The Hall–Kier alpha value is -3.71. The highest BCUT2D eigenvalue weighted by Gasteiger charge is 2.40. The van der Waals surface area contributed by atoms with E-state index in [4.69, 9.17) is 4.74 Å². The first kappa shape index (κ1) is 21.5. The molecule has 0 saturated carbocycles. The topological polar surface area (TPSA) is 80.8 Å². The van der Waals surface area contributed by atoms with Crippen LogP contribution in [0.3, 0.4) is 0 Å². The zero-order valence-corrected chi connectivity index (χ0v) is 18.2. The number of esters is 1. The Morgan fingerprint density at radius 2 is 1.38 bits per heavy atom. The Balaban J connectivity index is 1.81. The van der Waals surface area contributed by atoms with Gasteiger partial charge in [0.2, 0.25) is 0 Å². The van der Waals surface area contributed by atoms with Crippen molar-refractivity contribution in [2.75, 3.05) is 0 Å². The molecule has 0 saturated heterocycles. The third-order valence-electron chi connectivity index (χ3n) is 5.07. The molecule has 0 unspecified atom stereocenters. The fourth-order valence-electron chi connectivity index (χ4n) is 3.62. The van der Waals surface area contributed by atoms with Crippen LogP contribution in [0.2, 0.25) is 0 Å². The largest absolute Gasteiger partial charge is 0.423 e. The van der Waals surface area contributed by atoms with Crippen LogP contribution in [-0.4, -0.2) is 24.5 Å². The van der Waals surface area contributed by atoms with Crippen molar-refractivity contribution in [3.63, 3.8) is 0 Å². The van der Waals surface area contributed by atoms with Crippen molar-refractivity contribution >= 4 is 27.5 Å². The number of ketones is 1. The highest BCUT2D eigenvalue weighted by atomic mass is 32.2. The fraction of sp³-hybridized carbons (Fsp3) is 0.120. The van der Waals surface area contributed by atoms with Gasteiger partial charge >= 0.3 is 5.97 Å². The molecule has 1 aliphatic heterocycles. The number of sulfonamides is 1. The number of fused-ring (bicyclic) bond motifs is 1. The molecule has 0 fully saturated rings. The summed E-state index contributed by atoms with van der Waals surface area (Å²) < 4.78 is 33.6. The summed E-state index contributed by atoms with van der Waals surface area (Å²) in [5.41, 5.74) is 1.49. The lowest BCUT2D eigenvalue weighted by Crippen LogP contribution is -2.37. The number of hydrogen-bond acceptors (Lipinski definition) is 5. The number of benzene rings is 3. The number of hydrogen-bond donors (Lipinski definition) is 0. The van der Waals surface area contributed by atoms with E-state index in [2.05, 4.69) is 0 Å². The Morgan fingerprint density at radius 3 is 2.00 bits per heavy atom. The quantitative estimate of drug-likeness (QED) is 0.535. The zero-order chi connectivity index (χ0) is 22.7. The van der Waals surface area contributed by atoms with Crippen LogP contribution in [-0.2, 0) is 37.3 Å². The van der Waals surface area contributed by atoms with Crippen molar-refractivity contribution in [1.82, 2.24) is 4.31 Å². The molecule has 0 atom stereocenters. The van der Waals surface area contributed by atoms with Crippen molar-refractivity contribution in [2.24, 2.45) is 0 Å². The van der Waals surface area contributed by atoms with Crippen LogP contribution in [0.4, 0.5) is 0 Å². The van der Waals surface area contributed by atoms with Gasteiger partial charge in [-0.1, -0.05) is 72.8 Å². The lowest BCUT2D eigenvalue weighted by molar-refractivity contribution is -0.136. The Bertz CT molecular complexity index is 1300. The number of Topliss-reactive ketones (excluding diaryl/α,β-unsaturated/α-hetero) is 1. The Labute approximate surface area is 186 Å². The van der Waals surface area contributed by atoms with Crippen molar-refractivity contribution in [2.45, 2.75) is 24.8 Å². The minimum Gasteiger partial charge on any atom is -0.423 e. The SMILES string of the molecule is CC(=O)C1=C(OC(=O)Cc2ccccc2)c2ccccc2S(=O)(=O)N1Cc1ccccc1. The minimum atomic E-state index is -4.04. The highest BCUT2D eigenvalue weighted by Crippen LogP contribution is 2.38. The number of nitrogens with zero attached hydrogens (tertiary/aromatic N) is 1. The maximum Gasteiger partial charge on any atom is 0.315 e. The molecule has 4 rings (SSSR count). The van der Waals surface area contributed by atoms with E-state index in [1.165, 1.54) is 13.0 Å². The lowest BCUT2D eigenvalue weighted by Gasteiger charge is -2.32. The first-order valence-corrected chi connectivity index (χ1v) is 11.5. The standard InChI is InChI=1S/C25H21NO5S/c1-18(27)24-25(31-23(28)16-19-10-4-2-5-11-19)21-14-8-9-15-22(21)32(29,30)26(24)17-20-12-6-3-7-13-20/h2-15H,16-17H2,1H3. The van der Waals surface area contributed by atoms with E-state index in [1.807, 2.05) is 24.3 Å². The van der Waals surface area contributed by atoms with E-state index in [-0.39, 0.29) is 34.9 Å². The van der Waals surface area contributed by atoms with Gasteiger partial charge in [-0.05, 0) is 23.3 Å². The van der Waals surface area contributed by atoms with Gasteiger partial charge in [0.1, 0.15) is 5.70 Å². The third kappa shape index (κ3) is 4.20. The van der Waals surface area contributed by atoms with Crippen LogP contribution >= 0.6 is 0 Å². The fourth-order valence-corrected chi connectivity index (χ4v) is 5.32. The molecular weight excluding hydrogens is 426 g/mol. The van der Waals surface area contributed by atoms with Gasteiger partial charge in [0, 0.05) is 12.5 Å². The summed E-state index contributed by atoms with van der Waals surface area (Å²) in [6.45, 7) is 1.20. The second kappa shape index (κ2) is 8.80. The summed E-state index contributed by atoms with van der Waals surface area (Å²) in [5, 5.41) is 0. The van der Waals surface area contributed by atoms with Crippen LogP contribution < -0.4 is 0 Å². The molecule has 0 spiro atoms. The van der Waals surface area contributed by atoms with Gasteiger partial charge in [0.25, 0.3) is 10.0 Å². The second-order valence-corrected chi connectivity index (χ2v) is 9.19. The number of allylic oxidation sites excluding steroid dienone is 1. The third-order valence-corrected chi connectivity index (χ3v) is 6.88. The van der Waals surface area contributed by atoms with E-state index < -0.39 is 21.8 Å². The van der Waals surface area contributed by atoms with Crippen LogP contribution in [0.25, 0.3) is 5.76 Å². The molecule has 0 N–H and O–H groups in total. The van der Waals surface area contributed by atoms with E-state index >= 15 is 0 Å². The molecule has 1 aliphatic rings. The van der Waals surface area contributed by atoms with E-state index in [0.29, 0.717) is 5.56 Å². The van der Waals surface area contributed by atoms with E-state index in [9.17, 15) is 18.0 Å². The second-order valence-electron chi connectivity index (χ2n) is 7.36. The van der Waals surface area contributed by atoms with E-state index in [0.717, 1.165) is 9.87 Å². The van der Waals surface area contributed by atoms with Gasteiger partial charge in [-0.15, -0.1) is 0 Å². The smallest absolute Gasteiger partial charge is 0.315 e. The number of carbonyl (C=O) groups excluding carboxylic acids is 2. The van der Waals surface area contributed by atoms with Crippen molar-refractivity contribution in [3.05, 3.63) is 107 Å². The predicted octanol–water partition coefficient (Wildman–Crippen LogP) is 3.93. The summed E-state index contributed by atoms with van der Waals surface area (Å²) in [5.74, 6) is -1.14.